The van der Waals surface area contributed by atoms with Crippen molar-refractivity contribution in [3.8, 4) is 28.7 Å². The first-order valence-corrected chi connectivity index (χ1v) is 15.4. The maximum Gasteiger partial charge on any atom is 0.255 e. The van der Waals surface area contributed by atoms with Gasteiger partial charge in [0.05, 0.1) is 25.3 Å². The summed E-state index contributed by atoms with van der Waals surface area (Å²) < 4.78 is 18.1. The van der Waals surface area contributed by atoms with Crippen LogP contribution in [0.2, 0.25) is 0 Å². The smallest absolute Gasteiger partial charge is 0.255 e. The number of phenolic OH excluding ortho intramolecular Hbond substituents is 1. The lowest BCUT2D eigenvalue weighted by Gasteiger charge is -2.38. The molecule has 3 aliphatic rings. The molecule has 1 atom stereocenters. The Hall–Kier alpha value is -4.63. The van der Waals surface area contributed by atoms with Crippen LogP contribution in [0.25, 0.3) is 0 Å². The third-order valence-corrected chi connectivity index (χ3v) is 8.48. The molecule has 9 heteroatoms. The fourth-order valence-corrected chi connectivity index (χ4v) is 5.97. The van der Waals surface area contributed by atoms with Crippen LogP contribution in [0.3, 0.4) is 0 Å². The average Bonchev–Trinajstić information content (AvgIpc) is 3.04. The van der Waals surface area contributed by atoms with Crippen molar-refractivity contribution in [1.82, 2.24) is 10.2 Å². The Morgan fingerprint density at radius 1 is 1.05 bits per heavy atom. The molecule has 4 aromatic rings. The van der Waals surface area contributed by atoms with E-state index in [2.05, 4.69) is 5.32 Å². The molecule has 0 saturated carbocycles. The summed E-state index contributed by atoms with van der Waals surface area (Å²) in [5.41, 5.74) is 3.62. The number of benzene rings is 4. The van der Waals surface area contributed by atoms with E-state index in [0.29, 0.717) is 61.1 Å². The van der Waals surface area contributed by atoms with Crippen LogP contribution in [-0.4, -0.2) is 54.9 Å². The molecule has 0 radical (unpaired) electrons. The quantitative estimate of drug-likeness (QED) is 0.271. The molecule has 0 spiro atoms. The number of fused-ring (bicyclic) bond motifs is 6. The number of rotatable bonds is 3. The molecule has 2 amide bonds. The molecule has 8 bridgehead atoms. The second kappa shape index (κ2) is 12.3. The number of amides is 2. The molecule has 3 aliphatic heterocycles. The van der Waals surface area contributed by atoms with Gasteiger partial charge in [-0.1, -0.05) is 12.1 Å². The largest absolute Gasteiger partial charge is 0.507 e. The average molecular weight is 597 g/mol. The summed E-state index contributed by atoms with van der Waals surface area (Å²) in [7, 11) is 1.57. The minimum Gasteiger partial charge on any atom is -0.507 e. The normalized spacial score (nSPS) is 16.3. The lowest BCUT2D eigenvalue weighted by atomic mass is 9.87. The van der Waals surface area contributed by atoms with Gasteiger partial charge in [-0.25, -0.2) is 0 Å². The summed E-state index contributed by atoms with van der Waals surface area (Å²) in [6, 6.07) is 23.5. The second-order valence-electron chi connectivity index (χ2n) is 10.4. The summed E-state index contributed by atoms with van der Waals surface area (Å²) in [5.74, 6) is 1.42. The SMILES string of the molecule is COc1cc2c3cc1Oc1ccc(O)c(c1)C(=O)NCCCOc1cccc(c1)C2N(C(=O)c1ccc(SC)cc1)CC3. The predicted octanol–water partition coefficient (Wildman–Crippen LogP) is 6.22. The van der Waals surface area contributed by atoms with Crippen LogP contribution in [0, 0.1) is 0 Å². The molecule has 1 unspecified atom stereocenters. The van der Waals surface area contributed by atoms with Gasteiger partial charge in [-0.3, -0.25) is 9.59 Å². The van der Waals surface area contributed by atoms with E-state index in [9.17, 15) is 14.7 Å². The molecule has 7 rings (SSSR count). The maximum atomic E-state index is 14.0. The zero-order valence-electron chi connectivity index (χ0n) is 24.0. The highest BCUT2D eigenvalue weighted by Gasteiger charge is 2.34. The molecular weight excluding hydrogens is 564 g/mol. The molecule has 0 saturated heterocycles. The number of hydrogen-bond acceptors (Lipinski definition) is 7. The Labute approximate surface area is 254 Å². The fraction of sp³-hybridized carbons (Fsp3) is 0.235. The van der Waals surface area contributed by atoms with Crippen LogP contribution < -0.4 is 19.5 Å². The standard InChI is InChI=1S/C34H32N2O6S/c1-40-30-20-27-22-13-15-36(34(39)21-7-10-26(43-2)11-8-21)32(27)23-5-3-6-24(17-23)41-16-4-14-35-33(38)28-19-25(9-12-29(28)37)42-31(30)18-22/h3,5-12,17-20,32,37H,4,13-16H2,1-2H3,(H,35,38). The Balaban J connectivity index is 1.47. The first kappa shape index (κ1) is 28.5. The molecule has 43 heavy (non-hydrogen) atoms. The van der Waals surface area contributed by atoms with Crippen molar-refractivity contribution < 1.29 is 28.9 Å². The highest BCUT2D eigenvalue weighted by atomic mass is 32.2. The summed E-state index contributed by atoms with van der Waals surface area (Å²) >= 11 is 1.64. The molecule has 3 heterocycles. The fourth-order valence-electron chi connectivity index (χ4n) is 5.56. The number of thioether (sulfide) groups is 1. The molecular formula is C34H32N2O6S. The number of methoxy groups -OCH3 is 1. The predicted molar refractivity (Wildman–Crippen MR) is 165 cm³/mol. The first-order chi connectivity index (χ1) is 20.9. The van der Waals surface area contributed by atoms with Crippen molar-refractivity contribution in [1.29, 1.82) is 0 Å². The third-order valence-electron chi connectivity index (χ3n) is 7.74. The minimum atomic E-state index is -0.404. The van der Waals surface area contributed by atoms with E-state index in [4.69, 9.17) is 14.2 Å². The number of carbonyl (C=O) groups excluding carboxylic acids is 2. The molecule has 0 aromatic heterocycles. The van der Waals surface area contributed by atoms with Gasteiger partial charge in [0.1, 0.15) is 17.2 Å². The zero-order chi connectivity index (χ0) is 29.9. The zero-order valence-corrected chi connectivity index (χ0v) is 24.8. The van der Waals surface area contributed by atoms with E-state index >= 15 is 0 Å². The van der Waals surface area contributed by atoms with Crippen molar-refractivity contribution in [2.45, 2.75) is 23.8 Å². The molecule has 0 aliphatic carbocycles. The number of nitrogens with one attached hydrogen (secondary N) is 1. The van der Waals surface area contributed by atoms with E-state index in [0.717, 1.165) is 21.6 Å². The number of aromatic hydroxyl groups is 1. The summed E-state index contributed by atoms with van der Waals surface area (Å²) in [4.78, 5) is 29.8. The van der Waals surface area contributed by atoms with Crippen LogP contribution >= 0.6 is 11.8 Å². The topological polar surface area (TPSA) is 97.3 Å². The summed E-state index contributed by atoms with van der Waals surface area (Å²) in [6.07, 6.45) is 3.19. The number of carbonyl (C=O) groups is 2. The van der Waals surface area contributed by atoms with Gasteiger partial charge >= 0.3 is 0 Å². The van der Waals surface area contributed by atoms with Crippen molar-refractivity contribution >= 4 is 23.6 Å². The van der Waals surface area contributed by atoms with Gasteiger partial charge < -0.3 is 29.5 Å². The van der Waals surface area contributed by atoms with Crippen molar-refractivity contribution in [2.24, 2.45) is 0 Å². The summed E-state index contributed by atoms with van der Waals surface area (Å²) in [6.45, 7) is 1.24. The van der Waals surface area contributed by atoms with E-state index in [1.807, 2.05) is 71.8 Å². The molecule has 2 N–H and O–H groups in total. The highest BCUT2D eigenvalue weighted by molar-refractivity contribution is 7.98. The Bertz CT molecular complexity index is 1670. The number of ether oxygens (including phenoxy) is 3. The van der Waals surface area contributed by atoms with Gasteiger partial charge in [-0.2, -0.15) is 0 Å². The van der Waals surface area contributed by atoms with E-state index in [1.165, 1.54) is 12.1 Å². The van der Waals surface area contributed by atoms with Crippen LogP contribution in [0.1, 0.15) is 49.9 Å². The monoisotopic (exact) mass is 596 g/mol. The van der Waals surface area contributed by atoms with Gasteiger partial charge in [-0.15, -0.1) is 11.8 Å². The number of nitrogens with zero attached hydrogens (tertiary/aromatic N) is 1. The Morgan fingerprint density at radius 3 is 2.67 bits per heavy atom. The Morgan fingerprint density at radius 2 is 1.88 bits per heavy atom. The maximum absolute atomic E-state index is 14.0. The van der Waals surface area contributed by atoms with E-state index < -0.39 is 5.91 Å². The van der Waals surface area contributed by atoms with Gasteiger partial charge in [-0.05, 0) is 103 Å². The molecule has 4 aromatic carbocycles. The third kappa shape index (κ3) is 5.85. The highest BCUT2D eigenvalue weighted by Crippen LogP contribution is 2.43. The van der Waals surface area contributed by atoms with Crippen molar-refractivity contribution in [3.63, 3.8) is 0 Å². The summed E-state index contributed by atoms with van der Waals surface area (Å²) in [5, 5.41) is 13.2. The van der Waals surface area contributed by atoms with Gasteiger partial charge in [0.2, 0.25) is 0 Å². The molecule has 220 valence electrons. The van der Waals surface area contributed by atoms with Crippen LogP contribution in [0.15, 0.2) is 83.8 Å². The van der Waals surface area contributed by atoms with Crippen molar-refractivity contribution in [2.75, 3.05) is 33.1 Å². The van der Waals surface area contributed by atoms with E-state index in [1.54, 1.807) is 24.9 Å². The lowest BCUT2D eigenvalue weighted by Crippen LogP contribution is -2.40. The molecule has 8 nitrogen and oxygen atoms in total. The lowest BCUT2D eigenvalue weighted by molar-refractivity contribution is 0.0693. The Kier molecular flexibility index (Phi) is 8.16. The van der Waals surface area contributed by atoms with Gasteiger partial charge in [0.15, 0.2) is 11.5 Å². The second-order valence-corrected chi connectivity index (χ2v) is 11.3. The van der Waals surface area contributed by atoms with Crippen LogP contribution in [0.4, 0.5) is 0 Å². The first-order valence-electron chi connectivity index (χ1n) is 14.1. The van der Waals surface area contributed by atoms with Gasteiger partial charge in [0.25, 0.3) is 11.8 Å². The van der Waals surface area contributed by atoms with E-state index in [-0.39, 0.29) is 23.3 Å². The number of phenols is 1. The van der Waals surface area contributed by atoms with Crippen molar-refractivity contribution in [3.05, 3.63) is 107 Å². The van der Waals surface area contributed by atoms with Crippen LogP contribution in [0.5, 0.6) is 28.7 Å². The van der Waals surface area contributed by atoms with Gasteiger partial charge in [0, 0.05) is 23.5 Å². The number of hydrogen-bond donors (Lipinski definition) is 2. The minimum absolute atomic E-state index is 0.0524. The molecule has 0 fully saturated rings. The van der Waals surface area contributed by atoms with Crippen LogP contribution in [-0.2, 0) is 6.42 Å².